The van der Waals surface area contributed by atoms with Crippen LogP contribution in [0.1, 0.15) is 36.8 Å². The van der Waals surface area contributed by atoms with Gasteiger partial charge in [-0.15, -0.1) is 0 Å². The highest BCUT2D eigenvalue weighted by Gasteiger charge is 2.31. The molecule has 0 saturated carbocycles. The van der Waals surface area contributed by atoms with Crippen molar-refractivity contribution in [3.63, 3.8) is 0 Å². The zero-order valence-electron chi connectivity index (χ0n) is 19.8. The second kappa shape index (κ2) is 11.5. The molecule has 182 valence electrons. The topological polar surface area (TPSA) is 59.8 Å². The van der Waals surface area contributed by atoms with Crippen molar-refractivity contribution >= 4 is 0 Å². The first kappa shape index (κ1) is 24.2. The number of benzene rings is 2. The molecule has 1 unspecified atom stereocenters. The van der Waals surface area contributed by atoms with E-state index in [1.54, 1.807) is 18.2 Å². The number of hydrogen-bond donors (Lipinski definition) is 1. The van der Waals surface area contributed by atoms with Crippen LogP contribution in [0.3, 0.4) is 0 Å². The van der Waals surface area contributed by atoms with E-state index in [1.807, 2.05) is 36.1 Å². The van der Waals surface area contributed by atoms with E-state index in [0.717, 1.165) is 50.3 Å². The number of likely N-dealkylation sites (tertiary alicyclic amines) is 1. The van der Waals surface area contributed by atoms with Gasteiger partial charge in [-0.3, -0.25) is 9.58 Å². The van der Waals surface area contributed by atoms with Crippen LogP contribution in [0.15, 0.2) is 60.9 Å². The third-order valence-corrected chi connectivity index (χ3v) is 6.21. The van der Waals surface area contributed by atoms with Crippen LogP contribution >= 0.6 is 0 Å². The molecule has 1 aliphatic rings. The fraction of sp³-hybridized carbons (Fsp3) is 0.444. The number of hydrogen-bond acceptors (Lipinski definition) is 5. The number of rotatable bonds is 10. The lowest BCUT2D eigenvalue weighted by Crippen LogP contribution is -2.37. The molecule has 34 heavy (non-hydrogen) atoms. The Kier molecular flexibility index (Phi) is 8.19. The Morgan fingerprint density at radius 1 is 1.09 bits per heavy atom. The van der Waals surface area contributed by atoms with Crippen molar-refractivity contribution in [2.24, 2.45) is 0 Å². The third kappa shape index (κ3) is 7.05. The molecule has 1 saturated heterocycles. The molecule has 3 aromatic rings. The average Bonchev–Trinajstić information content (AvgIpc) is 3.16. The maximum atomic E-state index is 13.8. The Hall–Kier alpha value is -2.90. The monoisotopic (exact) mass is 467 g/mol. The summed E-state index contributed by atoms with van der Waals surface area (Å²) in [7, 11) is 0. The van der Waals surface area contributed by atoms with Crippen molar-refractivity contribution < 1.29 is 19.0 Å². The van der Waals surface area contributed by atoms with E-state index < -0.39 is 11.4 Å². The Bertz CT molecular complexity index is 1060. The molecule has 0 aliphatic carbocycles. The summed E-state index contributed by atoms with van der Waals surface area (Å²) in [5.41, 5.74) is 1.40. The first-order chi connectivity index (χ1) is 16.5. The minimum Gasteiger partial charge on any atom is -0.494 e. The summed E-state index contributed by atoms with van der Waals surface area (Å²) >= 11 is 0. The number of aryl methyl sites for hydroxylation is 2. The number of aromatic nitrogens is 2. The molecule has 7 heteroatoms. The summed E-state index contributed by atoms with van der Waals surface area (Å²) in [6, 6.07) is 14.5. The van der Waals surface area contributed by atoms with Crippen LogP contribution in [0.25, 0.3) is 0 Å². The van der Waals surface area contributed by atoms with Gasteiger partial charge in [0.2, 0.25) is 0 Å². The molecule has 4 rings (SSSR count). The fourth-order valence-electron chi connectivity index (χ4n) is 4.31. The Balaban J connectivity index is 1.23. The minimum absolute atomic E-state index is 0.100. The zero-order chi connectivity index (χ0) is 23.8. The summed E-state index contributed by atoms with van der Waals surface area (Å²) in [5.74, 6) is 0.660. The van der Waals surface area contributed by atoms with Crippen LogP contribution in [0.5, 0.6) is 11.5 Å². The SMILES string of the molecule is Cc1cnn(CCCOc2cccc(CN3CCCC(O)(COc4ccccc4F)CC3)c2)c1. The zero-order valence-corrected chi connectivity index (χ0v) is 19.8. The molecule has 1 fully saturated rings. The van der Waals surface area contributed by atoms with Crippen molar-refractivity contribution in [3.8, 4) is 11.5 Å². The molecule has 2 aromatic carbocycles. The summed E-state index contributed by atoms with van der Waals surface area (Å²) in [5, 5.41) is 15.3. The Morgan fingerprint density at radius 2 is 1.97 bits per heavy atom. The second-order valence-corrected chi connectivity index (χ2v) is 9.20. The van der Waals surface area contributed by atoms with Gasteiger partial charge in [0.1, 0.15) is 12.4 Å². The van der Waals surface area contributed by atoms with Gasteiger partial charge in [-0.25, -0.2) is 4.39 Å². The lowest BCUT2D eigenvalue weighted by atomic mass is 9.96. The van der Waals surface area contributed by atoms with Crippen molar-refractivity contribution in [2.45, 2.75) is 51.3 Å². The molecule has 0 spiro atoms. The molecule has 6 nitrogen and oxygen atoms in total. The van der Waals surface area contributed by atoms with Gasteiger partial charge >= 0.3 is 0 Å². The normalized spacial score (nSPS) is 19.0. The smallest absolute Gasteiger partial charge is 0.165 e. The van der Waals surface area contributed by atoms with Crippen molar-refractivity contribution in [1.29, 1.82) is 0 Å². The van der Waals surface area contributed by atoms with Gasteiger partial charge in [-0.1, -0.05) is 24.3 Å². The predicted molar refractivity (Wildman–Crippen MR) is 129 cm³/mol. The standard InChI is InChI=1S/C27H34FN3O3/c1-22-18-29-31(19-22)14-6-16-33-24-8-4-7-23(17-24)20-30-13-5-11-27(32,12-15-30)21-34-26-10-3-2-9-25(26)28/h2-4,7-10,17-19,32H,5-6,11-16,20-21H2,1H3. The molecule has 0 radical (unpaired) electrons. The van der Waals surface area contributed by atoms with E-state index in [9.17, 15) is 9.50 Å². The fourth-order valence-corrected chi connectivity index (χ4v) is 4.31. The van der Waals surface area contributed by atoms with Crippen molar-refractivity contribution in [2.75, 3.05) is 26.3 Å². The van der Waals surface area contributed by atoms with Crippen molar-refractivity contribution in [3.05, 3.63) is 77.9 Å². The molecule has 1 aromatic heterocycles. The van der Waals surface area contributed by atoms with E-state index in [2.05, 4.69) is 22.1 Å². The van der Waals surface area contributed by atoms with Crippen molar-refractivity contribution in [1.82, 2.24) is 14.7 Å². The molecule has 0 bridgehead atoms. The average molecular weight is 468 g/mol. The number of ether oxygens (including phenoxy) is 2. The van der Waals surface area contributed by atoms with Crippen LogP contribution in [0.2, 0.25) is 0 Å². The summed E-state index contributed by atoms with van der Waals surface area (Å²) in [6.07, 6.45) is 6.88. The van der Waals surface area contributed by atoms with E-state index in [-0.39, 0.29) is 12.4 Å². The van der Waals surface area contributed by atoms with Gasteiger partial charge in [-0.2, -0.15) is 5.10 Å². The summed E-state index contributed by atoms with van der Waals surface area (Å²) < 4.78 is 27.3. The number of nitrogens with zero attached hydrogens (tertiary/aromatic N) is 3. The van der Waals surface area contributed by atoms with Crippen LogP contribution < -0.4 is 9.47 Å². The first-order valence-corrected chi connectivity index (χ1v) is 12.0. The van der Waals surface area contributed by atoms with E-state index in [0.29, 0.717) is 19.4 Å². The Labute approximate surface area is 200 Å². The second-order valence-electron chi connectivity index (χ2n) is 9.20. The number of halogens is 1. The highest BCUT2D eigenvalue weighted by atomic mass is 19.1. The van der Waals surface area contributed by atoms with Gasteiger partial charge in [0.25, 0.3) is 0 Å². The van der Waals surface area contributed by atoms with E-state index in [1.165, 1.54) is 11.6 Å². The number of aliphatic hydroxyl groups is 1. The van der Waals surface area contributed by atoms with E-state index >= 15 is 0 Å². The highest BCUT2D eigenvalue weighted by Crippen LogP contribution is 2.26. The van der Waals surface area contributed by atoms with E-state index in [4.69, 9.17) is 9.47 Å². The highest BCUT2D eigenvalue weighted by molar-refractivity contribution is 5.28. The van der Waals surface area contributed by atoms with Crippen LogP contribution in [-0.2, 0) is 13.1 Å². The maximum absolute atomic E-state index is 13.8. The molecule has 2 heterocycles. The third-order valence-electron chi connectivity index (χ3n) is 6.21. The molecule has 1 N–H and O–H groups in total. The predicted octanol–water partition coefficient (Wildman–Crippen LogP) is 4.60. The van der Waals surface area contributed by atoms with Gasteiger partial charge in [0, 0.05) is 32.3 Å². The number of para-hydroxylation sites is 1. The first-order valence-electron chi connectivity index (χ1n) is 12.0. The largest absolute Gasteiger partial charge is 0.494 e. The lowest BCUT2D eigenvalue weighted by molar-refractivity contribution is -0.0177. The molecule has 1 aliphatic heterocycles. The van der Waals surface area contributed by atoms with Gasteiger partial charge < -0.3 is 14.6 Å². The van der Waals surface area contributed by atoms with Crippen LogP contribution in [0.4, 0.5) is 4.39 Å². The quantitative estimate of drug-likeness (QED) is 0.442. The van der Waals surface area contributed by atoms with Gasteiger partial charge in [-0.05, 0) is 68.1 Å². The summed E-state index contributed by atoms with van der Waals surface area (Å²) in [6.45, 7) is 6.07. The summed E-state index contributed by atoms with van der Waals surface area (Å²) in [4.78, 5) is 2.35. The Morgan fingerprint density at radius 3 is 2.79 bits per heavy atom. The van der Waals surface area contributed by atoms with Gasteiger partial charge in [0.05, 0.1) is 18.4 Å². The molecule has 1 atom stereocenters. The van der Waals surface area contributed by atoms with Gasteiger partial charge in [0.15, 0.2) is 11.6 Å². The molecular formula is C27H34FN3O3. The maximum Gasteiger partial charge on any atom is 0.165 e. The van der Waals surface area contributed by atoms with Crippen LogP contribution in [0, 0.1) is 12.7 Å². The minimum atomic E-state index is -0.949. The van der Waals surface area contributed by atoms with Crippen LogP contribution in [-0.4, -0.2) is 51.7 Å². The lowest BCUT2D eigenvalue weighted by Gasteiger charge is -2.27. The molecular weight excluding hydrogens is 433 g/mol. The molecule has 0 amide bonds.